The average molecular weight is 552 g/mol. The number of hydrogen-bond acceptors (Lipinski definition) is 8. The second-order valence-corrected chi connectivity index (χ2v) is 9.22. The van der Waals surface area contributed by atoms with Crippen LogP contribution in [0.4, 0.5) is 5.69 Å². The van der Waals surface area contributed by atoms with Crippen LogP contribution in [0.1, 0.15) is 20.3 Å². The minimum absolute atomic E-state index is 0.151. The van der Waals surface area contributed by atoms with Crippen molar-refractivity contribution in [2.75, 3.05) is 13.2 Å². The van der Waals surface area contributed by atoms with Crippen LogP contribution in [0.25, 0.3) is 10.8 Å². The lowest BCUT2D eigenvalue weighted by molar-refractivity contribution is -0.384. The van der Waals surface area contributed by atoms with E-state index >= 15 is 0 Å². The molecule has 0 aromatic heterocycles. The summed E-state index contributed by atoms with van der Waals surface area (Å²) < 4.78 is 11.0. The quantitative estimate of drug-likeness (QED) is 0.201. The Kier molecular flexibility index (Phi) is 10.1. The highest BCUT2D eigenvalue weighted by Crippen LogP contribution is 2.25. The lowest BCUT2D eigenvalue weighted by atomic mass is 10.0. The molecular weight excluding hydrogens is 522 g/mol. The van der Waals surface area contributed by atoms with Crippen molar-refractivity contribution in [1.29, 1.82) is 0 Å². The Bertz CT molecular complexity index is 1380. The topological polar surface area (TPSA) is 174 Å². The van der Waals surface area contributed by atoms with Gasteiger partial charge in [-0.05, 0) is 29.5 Å². The van der Waals surface area contributed by atoms with Gasteiger partial charge < -0.3 is 25.2 Å². The van der Waals surface area contributed by atoms with Crippen molar-refractivity contribution in [3.8, 4) is 11.5 Å². The number of nitro groups is 1. The molecule has 0 aliphatic rings. The fourth-order valence-electron chi connectivity index (χ4n) is 3.82. The molecule has 12 heteroatoms. The van der Waals surface area contributed by atoms with Crippen molar-refractivity contribution >= 4 is 40.0 Å². The number of nitrogens with zero attached hydrogens (tertiary/aromatic N) is 1. The lowest BCUT2D eigenvalue weighted by Gasteiger charge is -2.24. The van der Waals surface area contributed by atoms with E-state index in [4.69, 9.17) is 9.47 Å². The number of carbonyl (C=O) groups is 4. The molecule has 0 bridgehead atoms. The van der Waals surface area contributed by atoms with Crippen LogP contribution in [-0.4, -0.2) is 58.9 Å². The van der Waals surface area contributed by atoms with E-state index in [1.165, 1.54) is 24.3 Å². The highest BCUT2D eigenvalue weighted by molar-refractivity contribution is 5.95. The van der Waals surface area contributed by atoms with E-state index < -0.39 is 59.5 Å². The molecule has 40 heavy (non-hydrogen) atoms. The number of hydrogen-bond donors (Lipinski definition) is 3. The molecule has 3 rings (SSSR count). The van der Waals surface area contributed by atoms with E-state index in [0.29, 0.717) is 5.75 Å². The Morgan fingerprint density at radius 3 is 2.23 bits per heavy atom. The first-order valence-electron chi connectivity index (χ1n) is 12.4. The molecule has 0 fully saturated rings. The Balaban J connectivity index is 1.60. The summed E-state index contributed by atoms with van der Waals surface area (Å²) in [6, 6.07) is 15.4. The number of benzene rings is 3. The van der Waals surface area contributed by atoms with Crippen LogP contribution in [0.5, 0.6) is 11.5 Å². The molecule has 3 aromatic rings. The van der Waals surface area contributed by atoms with Crippen molar-refractivity contribution in [3.63, 3.8) is 0 Å². The number of nitro benzene ring substituents is 1. The highest BCUT2D eigenvalue weighted by atomic mass is 16.6. The molecule has 0 heterocycles. The summed E-state index contributed by atoms with van der Waals surface area (Å²) in [5, 5.41) is 26.8. The first-order valence-corrected chi connectivity index (χ1v) is 12.4. The van der Waals surface area contributed by atoms with Crippen LogP contribution in [0.15, 0.2) is 66.7 Å². The Morgan fingerprint density at radius 1 is 0.900 bits per heavy atom. The maximum atomic E-state index is 13.0. The summed E-state index contributed by atoms with van der Waals surface area (Å²) in [7, 11) is 0. The van der Waals surface area contributed by atoms with Gasteiger partial charge in [0.05, 0.1) is 11.3 Å². The highest BCUT2D eigenvalue weighted by Gasteiger charge is 2.30. The number of carboxylic acid groups (broad SMARTS) is 1. The zero-order valence-electron chi connectivity index (χ0n) is 21.9. The number of Topliss-reactive ketones (excluding diaryl/α,β-unsaturated/α-hetero) is 1. The van der Waals surface area contributed by atoms with Crippen LogP contribution < -0.4 is 20.1 Å². The van der Waals surface area contributed by atoms with Gasteiger partial charge in [-0.15, -0.1) is 0 Å². The van der Waals surface area contributed by atoms with E-state index in [2.05, 4.69) is 10.6 Å². The van der Waals surface area contributed by atoms with Gasteiger partial charge in [-0.3, -0.25) is 29.3 Å². The van der Waals surface area contributed by atoms with Gasteiger partial charge in [0.2, 0.25) is 5.91 Å². The molecule has 0 aliphatic heterocycles. The molecule has 210 valence electrons. The SMILES string of the molecule is CC(C)[C@H](NC(=O)COc1cccc2ccccc12)C(=O)N[C@@H](CC(=O)O)C(=O)COc1ccc([N+](=O)[O-])cc1. The van der Waals surface area contributed by atoms with E-state index in [0.717, 1.165) is 10.8 Å². The van der Waals surface area contributed by atoms with Gasteiger partial charge in [0.1, 0.15) is 30.2 Å². The van der Waals surface area contributed by atoms with Crippen LogP contribution in [0.2, 0.25) is 0 Å². The number of carboxylic acids is 1. The van der Waals surface area contributed by atoms with Crippen LogP contribution >= 0.6 is 0 Å². The van der Waals surface area contributed by atoms with Crippen LogP contribution in [-0.2, 0) is 19.2 Å². The molecule has 2 atom stereocenters. The first kappa shape index (κ1) is 29.6. The number of aliphatic carboxylic acids is 1. The monoisotopic (exact) mass is 551 g/mol. The largest absolute Gasteiger partial charge is 0.486 e. The predicted molar refractivity (Wildman–Crippen MR) is 144 cm³/mol. The second-order valence-electron chi connectivity index (χ2n) is 9.22. The van der Waals surface area contributed by atoms with Gasteiger partial charge in [0.25, 0.3) is 11.6 Å². The van der Waals surface area contributed by atoms with Gasteiger partial charge in [-0.1, -0.05) is 50.2 Å². The number of nitrogens with one attached hydrogen (secondary N) is 2. The van der Waals surface area contributed by atoms with Crippen molar-refractivity contribution in [1.82, 2.24) is 10.6 Å². The number of rotatable bonds is 14. The maximum absolute atomic E-state index is 13.0. The number of non-ortho nitro benzene ring substituents is 1. The molecule has 0 unspecified atom stereocenters. The van der Waals surface area contributed by atoms with E-state index in [9.17, 15) is 34.4 Å². The number of amides is 2. The van der Waals surface area contributed by atoms with Crippen molar-refractivity contribution in [3.05, 3.63) is 76.8 Å². The van der Waals surface area contributed by atoms with E-state index in [-0.39, 0.29) is 18.0 Å². The van der Waals surface area contributed by atoms with E-state index in [1.54, 1.807) is 26.0 Å². The third-order valence-electron chi connectivity index (χ3n) is 5.89. The number of ether oxygens (including phenoxy) is 2. The third kappa shape index (κ3) is 8.25. The minimum Gasteiger partial charge on any atom is -0.486 e. The molecule has 2 amide bonds. The summed E-state index contributed by atoms with van der Waals surface area (Å²) >= 11 is 0. The number of ketones is 1. The van der Waals surface area contributed by atoms with Crippen LogP contribution in [0.3, 0.4) is 0 Å². The van der Waals surface area contributed by atoms with Crippen molar-refractivity contribution in [2.45, 2.75) is 32.4 Å². The molecule has 0 saturated carbocycles. The average Bonchev–Trinajstić information content (AvgIpc) is 2.92. The lowest BCUT2D eigenvalue weighted by Crippen LogP contribution is -2.55. The molecule has 0 saturated heterocycles. The minimum atomic E-state index is -1.44. The zero-order valence-corrected chi connectivity index (χ0v) is 21.9. The summed E-state index contributed by atoms with van der Waals surface area (Å²) in [5.74, 6) is -3.15. The normalized spacial score (nSPS) is 12.3. The van der Waals surface area contributed by atoms with E-state index in [1.807, 2.05) is 30.3 Å². The van der Waals surface area contributed by atoms with Gasteiger partial charge in [-0.25, -0.2) is 0 Å². The Labute approximate surface area is 229 Å². The molecule has 0 spiro atoms. The summed E-state index contributed by atoms with van der Waals surface area (Å²) in [5.41, 5.74) is -0.168. The standard InChI is InChI=1S/C28H29N3O9/c1-17(2)27(30-25(33)16-40-24-9-5-7-18-6-3-4-8-21(18)24)28(36)29-22(14-26(34)35)23(32)15-39-20-12-10-19(11-13-20)31(37)38/h3-13,17,22,27H,14-16H2,1-2H3,(H,29,36)(H,30,33)(H,34,35)/t22-,27-/m0/s1. The Morgan fingerprint density at radius 2 is 1.57 bits per heavy atom. The molecule has 0 aliphatic carbocycles. The number of fused-ring (bicyclic) bond motifs is 1. The Hall–Kier alpha value is -5.00. The third-order valence-corrected chi connectivity index (χ3v) is 5.89. The number of carbonyl (C=O) groups excluding carboxylic acids is 3. The molecule has 3 N–H and O–H groups in total. The molecule has 12 nitrogen and oxygen atoms in total. The van der Waals surface area contributed by atoms with Gasteiger partial charge >= 0.3 is 5.97 Å². The van der Waals surface area contributed by atoms with Gasteiger partial charge in [0.15, 0.2) is 12.4 Å². The summed E-state index contributed by atoms with van der Waals surface area (Å²) in [6.45, 7) is 2.41. The van der Waals surface area contributed by atoms with Crippen LogP contribution in [0, 0.1) is 16.0 Å². The molecule has 3 aromatic carbocycles. The smallest absolute Gasteiger partial charge is 0.305 e. The van der Waals surface area contributed by atoms with Crippen molar-refractivity contribution < 1.29 is 38.7 Å². The van der Waals surface area contributed by atoms with Gasteiger partial charge in [-0.2, -0.15) is 0 Å². The first-order chi connectivity index (χ1) is 19.0. The fourth-order valence-corrected chi connectivity index (χ4v) is 3.82. The predicted octanol–water partition coefficient (Wildman–Crippen LogP) is 2.88. The zero-order chi connectivity index (χ0) is 29.2. The fraction of sp³-hybridized carbons (Fsp3) is 0.286. The maximum Gasteiger partial charge on any atom is 0.305 e. The van der Waals surface area contributed by atoms with Crippen molar-refractivity contribution in [2.24, 2.45) is 5.92 Å². The van der Waals surface area contributed by atoms with Gasteiger partial charge in [0, 0.05) is 17.5 Å². The summed E-state index contributed by atoms with van der Waals surface area (Å²) in [6.07, 6.45) is -0.711. The molecule has 0 radical (unpaired) electrons. The summed E-state index contributed by atoms with van der Waals surface area (Å²) in [4.78, 5) is 60.0. The molecular formula is C28H29N3O9. The second kappa shape index (κ2) is 13.7.